The SMILES string of the molecule is CCCCC1(O)CC(c2ccccc2)[NH2+]C(c2ccccc2)C1C.O=C([O-])C(=O)O. The van der Waals surface area contributed by atoms with Gasteiger partial charge in [-0.1, -0.05) is 87.4 Å². The van der Waals surface area contributed by atoms with Crippen LogP contribution in [0.25, 0.3) is 0 Å². The first-order valence-electron chi connectivity index (χ1n) is 10.4. The molecule has 0 aliphatic carbocycles. The second-order valence-electron chi connectivity index (χ2n) is 7.94. The number of carbonyl (C=O) groups is 2. The highest BCUT2D eigenvalue weighted by Crippen LogP contribution is 2.41. The van der Waals surface area contributed by atoms with Gasteiger partial charge in [0, 0.05) is 23.5 Å². The molecular weight excluding hydrogens is 382 g/mol. The molecule has 30 heavy (non-hydrogen) atoms. The Morgan fingerprint density at radius 3 is 2.03 bits per heavy atom. The monoisotopic (exact) mass is 413 g/mol. The summed E-state index contributed by atoms with van der Waals surface area (Å²) in [7, 11) is 0. The number of piperidine rings is 1. The average molecular weight is 414 g/mol. The molecule has 2 aromatic rings. The maximum absolute atomic E-state index is 11.5. The fourth-order valence-corrected chi connectivity index (χ4v) is 4.20. The van der Waals surface area contributed by atoms with Crippen LogP contribution in [-0.4, -0.2) is 27.8 Å². The number of nitrogens with two attached hydrogens (primary N) is 1. The lowest BCUT2D eigenvalue weighted by Crippen LogP contribution is -2.91. The van der Waals surface area contributed by atoms with Crippen molar-refractivity contribution in [2.45, 2.75) is 57.2 Å². The Hall–Kier alpha value is -2.70. The molecule has 0 radical (unpaired) electrons. The van der Waals surface area contributed by atoms with E-state index < -0.39 is 17.5 Å². The molecule has 0 saturated carbocycles. The van der Waals surface area contributed by atoms with Gasteiger partial charge in [-0.15, -0.1) is 0 Å². The first kappa shape index (κ1) is 23.6. The zero-order chi connectivity index (χ0) is 22.1. The summed E-state index contributed by atoms with van der Waals surface area (Å²) in [6, 6.07) is 21.9. The lowest BCUT2D eigenvalue weighted by Gasteiger charge is -2.45. The minimum atomic E-state index is -2.07. The molecule has 1 aliphatic heterocycles. The van der Waals surface area contributed by atoms with Crippen LogP contribution in [-0.2, 0) is 9.59 Å². The van der Waals surface area contributed by atoms with E-state index in [0.717, 1.165) is 25.7 Å². The van der Waals surface area contributed by atoms with Crippen LogP contribution in [0.3, 0.4) is 0 Å². The predicted octanol–water partition coefficient (Wildman–Crippen LogP) is 1.81. The molecule has 1 heterocycles. The van der Waals surface area contributed by atoms with E-state index in [9.17, 15) is 5.11 Å². The van der Waals surface area contributed by atoms with Crippen molar-refractivity contribution < 1.29 is 30.2 Å². The van der Waals surface area contributed by atoms with E-state index in [4.69, 9.17) is 19.8 Å². The number of rotatable bonds is 5. The summed E-state index contributed by atoms with van der Waals surface area (Å²) < 4.78 is 0. The van der Waals surface area contributed by atoms with Gasteiger partial charge < -0.3 is 25.4 Å². The standard InChI is InChI=1S/C22H29NO.C2H2O4/c1-3-4-15-22(24)16-20(18-11-7-5-8-12-18)23-21(17(22)2)19-13-9-6-10-14-19;3-1(4)2(5)6/h5-14,17,20-21,23-24H,3-4,15-16H2,1-2H3;(H,3,4)(H,5,6). The maximum atomic E-state index is 11.5. The first-order valence-corrected chi connectivity index (χ1v) is 10.4. The molecule has 0 spiro atoms. The van der Waals surface area contributed by atoms with Crippen LogP contribution < -0.4 is 10.4 Å². The molecule has 4 atom stereocenters. The lowest BCUT2D eigenvalue weighted by atomic mass is 9.70. The summed E-state index contributed by atoms with van der Waals surface area (Å²) in [6.07, 6.45) is 3.95. The first-order chi connectivity index (χ1) is 14.3. The molecule has 1 fully saturated rings. The summed E-state index contributed by atoms with van der Waals surface area (Å²) in [5, 5.41) is 30.3. The Morgan fingerprint density at radius 1 is 1.07 bits per heavy atom. The van der Waals surface area contributed by atoms with Crippen LogP contribution in [0.2, 0.25) is 0 Å². The number of aliphatic carboxylic acids is 2. The summed E-state index contributed by atoms with van der Waals surface area (Å²) >= 11 is 0. The van der Waals surface area contributed by atoms with Crippen molar-refractivity contribution in [2.75, 3.05) is 0 Å². The molecule has 3 rings (SSSR count). The number of benzene rings is 2. The smallest absolute Gasteiger partial charge is 0.351 e. The number of unbranched alkanes of at least 4 members (excludes halogenated alkanes) is 1. The molecule has 0 amide bonds. The van der Waals surface area contributed by atoms with Crippen LogP contribution in [0.15, 0.2) is 60.7 Å². The molecule has 0 bridgehead atoms. The van der Waals surface area contributed by atoms with Gasteiger partial charge in [0.1, 0.15) is 12.1 Å². The molecule has 4 unspecified atom stereocenters. The van der Waals surface area contributed by atoms with Crippen molar-refractivity contribution in [3.8, 4) is 0 Å². The average Bonchev–Trinajstić information content (AvgIpc) is 2.76. The molecular formula is C24H31NO5. The third-order valence-electron chi connectivity index (χ3n) is 5.95. The van der Waals surface area contributed by atoms with Crippen molar-refractivity contribution in [3.05, 3.63) is 71.8 Å². The molecule has 6 nitrogen and oxygen atoms in total. The van der Waals surface area contributed by atoms with Gasteiger partial charge in [-0.05, 0) is 6.42 Å². The number of carbonyl (C=O) groups excluding carboxylic acids is 1. The number of hydrogen-bond donors (Lipinski definition) is 3. The third-order valence-corrected chi connectivity index (χ3v) is 5.95. The van der Waals surface area contributed by atoms with Gasteiger partial charge >= 0.3 is 5.97 Å². The third kappa shape index (κ3) is 6.15. The quantitative estimate of drug-likeness (QED) is 0.647. The Balaban J connectivity index is 0.000000469. The normalized spacial score (nSPS) is 25.6. The van der Waals surface area contributed by atoms with Crippen molar-refractivity contribution in [2.24, 2.45) is 5.92 Å². The number of hydrogen-bond acceptors (Lipinski definition) is 4. The molecule has 1 saturated heterocycles. The van der Waals surface area contributed by atoms with Crippen LogP contribution >= 0.6 is 0 Å². The number of carboxylic acid groups (broad SMARTS) is 2. The molecule has 6 heteroatoms. The molecule has 4 N–H and O–H groups in total. The van der Waals surface area contributed by atoms with Crippen LogP contribution in [0.4, 0.5) is 0 Å². The molecule has 162 valence electrons. The van der Waals surface area contributed by atoms with E-state index in [0.29, 0.717) is 12.1 Å². The Kier molecular flexibility index (Phi) is 8.57. The molecule has 0 aromatic heterocycles. The van der Waals surface area contributed by atoms with E-state index in [1.165, 1.54) is 11.1 Å². The van der Waals surface area contributed by atoms with E-state index in [1.807, 2.05) is 0 Å². The van der Waals surface area contributed by atoms with E-state index in [-0.39, 0.29) is 5.92 Å². The Bertz CT molecular complexity index is 799. The zero-order valence-electron chi connectivity index (χ0n) is 17.5. The minimum Gasteiger partial charge on any atom is -0.539 e. The maximum Gasteiger partial charge on any atom is 0.351 e. The van der Waals surface area contributed by atoms with E-state index in [2.05, 4.69) is 79.8 Å². The van der Waals surface area contributed by atoms with Crippen LogP contribution in [0.5, 0.6) is 0 Å². The van der Waals surface area contributed by atoms with Gasteiger partial charge in [0.05, 0.1) is 5.60 Å². The van der Waals surface area contributed by atoms with Crippen LogP contribution in [0, 0.1) is 5.92 Å². The largest absolute Gasteiger partial charge is 0.539 e. The molecule has 2 aromatic carbocycles. The Morgan fingerprint density at radius 2 is 1.57 bits per heavy atom. The van der Waals surface area contributed by atoms with E-state index in [1.54, 1.807) is 0 Å². The second-order valence-corrected chi connectivity index (χ2v) is 7.94. The highest BCUT2D eigenvalue weighted by molar-refractivity contribution is 6.26. The van der Waals surface area contributed by atoms with Crippen molar-refractivity contribution in [1.82, 2.24) is 0 Å². The number of aliphatic hydroxyl groups is 1. The Labute approximate surface area is 177 Å². The lowest BCUT2D eigenvalue weighted by molar-refractivity contribution is -0.756. The highest BCUT2D eigenvalue weighted by atomic mass is 16.4. The van der Waals surface area contributed by atoms with Gasteiger partial charge in [-0.2, -0.15) is 0 Å². The highest BCUT2D eigenvalue weighted by Gasteiger charge is 2.48. The number of quaternary nitrogens is 1. The van der Waals surface area contributed by atoms with Gasteiger partial charge in [0.2, 0.25) is 0 Å². The fraction of sp³-hybridized carbons (Fsp3) is 0.417. The fourth-order valence-electron chi connectivity index (χ4n) is 4.20. The van der Waals surface area contributed by atoms with Crippen molar-refractivity contribution >= 4 is 11.9 Å². The van der Waals surface area contributed by atoms with Gasteiger partial charge in [0.25, 0.3) is 0 Å². The second kappa shape index (κ2) is 10.9. The van der Waals surface area contributed by atoms with Gasteiger partial charge in [-0.3, -0.25) is 0 Å². The van der Waals surface area contributed by atoms with Gasteiger partial charge in [-0.25, -0.2) is 4.79 Å². The summed E-state index contributed by atoms with van der Waals surface area (Å²) in [5.74, 6) is -3.77. The topological polar surface area (TPSA) is 114 Å². The van der Waals surface area contributed by atoms with Crippen molar-refractivity contribution in [3.63, 3.8) is 0 Å². The van der Waals surface area contributed by atoms with Crippen LogP contribution in [0.1, 0.15) is 62.7 Å². The van der Waals surface area contributed by atoms with Gasteiger partial charge in [0.15, 0.2) is 5.97 Å². The van der Waals surface area contributed by atoms with E-state index >= 15 is 0 Å². The summed E-state index contributed by atoms with van der Waals surface area (Å²) in [4.78, 5) is 18.0. The summed E-state index contributed by atoms with van der Waals surface area (Å²) in [5.41, 5.74) is 2.05. The zero-order valence-corrected chi connectivity index (χ0v) is 17.5. The van der Waals surface area contributed by atoms with Crippen molar-refractivity contribution in [1.29, 1.82) is 0 Å². The summed E-state index contributed by atoms with van der Waals surface area (Å²) in [6.45, 7) is 4.43. The minimum absolute atomic E-state index is 0.242. The molecule has 1 aliphatic rings. The predicted molar refractivity (Wildman–Crippen MR) is 111 cm³/mol. The number of carboxylic acids is 2.